The van der Waals surface area contributed by atoms with Crippen molar-refractivity contribution in [3.05, 3.63) is 0 Å². The van der Waals surface area contributed by atoms with Crippen LogP contribution >= 0.6 is 0 Å². The second-order valence-corrected chi connectivity index (χ2v) is 12.3. The first-order valence-electron chi connectivity index (χ1n) is 13.3. The molecule has 0 aromatic carbocycles. The van der Waals surface area contributed by atoms with Crippen molar-refractivity contribution in [2.45, 2.75) is 106 Å². The molecule has 186 valence electrons. The van der Waals surface area contributed by atoms with Crippen LogP contribution in [0.4, 0.5) is 0 Å². The van der Waals surface area contributed by atoms with E-state index < -0.39 is 6.79 Å². The second kappa shape index (κ2) is 10.2. The van der Waals surface area contributed by atoms with Gasteiger partial charge in [-0.05, 0) is 98.7 Å². The highest BCUT2D eigenvalue weighted by Gasteiger charge is 2.60. The molecule has 4 aliphatic carbocycles. The Morgan fingerprint density at radius 2 is 1.62 bits per heavy atom. The molecule has 0 aromatic heterocycles. The van der Waals surface area contributed by atoms with Crippen molar-refractivity contribution in [3.63, 3.8) is 0 Å². The number of ketones is 1. The van der Waals surface area contributed by atoms with Crippen molar-refractivity contribution < 1.29 is 20.9 Å². The Balaban J connectivity index is 0.000000302. The maximum Gasteiger partial charge on any atom is 0.311 e. The molecule has 0 aliphatic heterocycles. The number of rotatable bonds is 4. The molecule has 0 amide bonds. The van der Waals surface area contributed by atoms with Gasteiger partial charge < -0.3 is 9.84 Å². The summed E-state index contributed by atoms with van der Waals surface area (Å²) >= 11 is 0. The van der Waals surface area contributed by atoms with Crippen LogP contribution in [0.5, 0.6) is 0 Å². The standard InChI is InChI=1S/C21H34O.C7H14O3.H2/c1-14(22)17-9-10-18-16-8-7-15-6-4-5-12-20(15,2)19(16)11-13-21(17,18)3;1-5(2)6(3)7(9)10-4-8;/h15-19H,4-13H2,1-3H3;5-6,8H,4H2,1-3H3;1H. The van der Waals surface area contributed by atoms with Crippen LogP contribution in [0.3, 0.4) is 0 Å². The van der Waals surface area contributed by atoms with Crippen LogP contribution in [0.2, 0.25) is 0 Å². The average molecular weight is 451 g/mol. The molecule has 4 heteroatoms. The van der Waals surface area contributed by atoms with Crippen LogP contribution in [0.25, 0.3) is 0 Å². The fourth-order valence-electron chi connectivity index (χ4n) is 8.43. The summed E-state index contributed by atoms with van der Waals surface area (Å²) in [5, 5.41) is 8.22. The van der Waals surface area contributed by atoms with E-state index in [0.717, 1.165) is 23.7 Å². The normalized spacial score (nSPS) is 41.4. The van der Waals surface area contributed by atoms with Crippen LogP contribution in [-0.4, -0.2) is 23.7 Å². The number of hydrogen-bond acceptors (Lipinski definition) is 4. The second-order valence-electron chi connectivity index (χ2n) is 12.3. The van der Waals surface area contributed by atoms with Gasteiger partial charge in [0.1, 0.15) is 5.78 Å². The Bertz CT molecular complexity index is 679. The third-order valence-electron chi connectivity index (χ3n) is 10.7. The van der Waals surface area contributed by atoms with Gasteiger partial charge in [-0.3, -0.25) is 9.59 Å². The number of carbonyl (C=O) groups excluding carboxylic acids is 2. The topological polar surface area (TPSA) is 63.6 Å². The summed E-state index contributed by atoms with van der Waals surface area (Å²) in [5.74, 6) is 4.40. The van der Waals surface area contributed by atoms with Crippen molar-refractivity contribution in [2.75, 3.05) is 6.79 Å². The zero-order valence-electron chi connectivity index (χ0n) is 21.5. The van der Waals surface area contributed by atoms with E-state index in [1.165, 1.54) is 64.2 Å². The van der Waals surface area contributed by atoms with E-state index in [9.17, 15) is 9.59 Å². The Kier molecular flexibility index (Phi) is 8.16. The average Bonchev–Trinajstić information content (AvgIpc) is 3.10. The highest BCUT2D eigenvalue weighted by molar-refractivity contribution is 5.79. The lowest BCUT2D eigenvalue weighted by Crippen LogP contribution is -2.53. The zero-order valence-corrected chi connectivity index (χ0v) is 21.5. The van der Waals surface area contributed by atoms with Gasteiger partial charge in [-0.15, -0.1) is 0 Å². The first-order valence-corrected chi connectivity index (χ1v) is 13.3. The molecule has 32 heavy (non-hydrogen) atoms. The van der Waals surface area contributed by atoms with Gasteiger partial charge in [-0.2, -0.15) is 0 Å². The van der Waals surface area contributed by atoms with Crippen LogP contribution < -0.4 is 0 Å². The molecule has 8 atom stereocenters. The Morgan fingerprint density at radius 1 is 0.938 bits per heavy atom. The summed E-state index contributed by atoms with van der Waals surface area (Å²) in [6.07, 6.45) is 14.1. The van der Waals surface area contributed by atoms with Crippen LogP contribution in [0.15, 0.2) is 0 Å². The molecule has 0 saturated heterocycles. The lowest BCUT2D eigenvalue weighted by atomic mass is 9.45. The first-order chi connectivity index (χ1) is 15.1. The molecular weight excluding hydrogens is 400 g/mol. The van der Waals surface area contributed by atoms with Crippen LogP contribution in [0.1, 0.15) is 107 Å². The summed E-state index contributed by atoms with van der Waals surface area (Å²) in [5.41, 5.74) is 0.974. The van der Waals surface area contributed by atoms with E-state index in [1.807, 2.05) is 20.8 Å². The number of esters is 1. The van der Waals surface area contributed by atoms with Crippen molar-refractivity contribution in [1.29, 1.82) is 0 Å². The van der Waals surface area contributed by atoms with Gasteiger partial charge in [0.2, 0.25) is 0 Å². The van der Waals surface area contributed by atoms with Crippen molar-refractivity contribution in [3.8, 4) is 0 Å². The number of Topliss-reactive ketones (excluding diaryl/α,β-unsaturated/α-hetero) is 1. The largest absolute Gasteiger partial charge is 0.438 e. The molecular formula is C28H50O4. The summed E-state index contributed by atoms with van der Waals surface area (Å²) in [6.45, 7) is 12.1. The minimum absolute atomic E-state index is 0. The molecule has 0 heterocycles. The summed E-state index contributed by atoms with van der Waals surface area (Å²) in [4.78, 5) is 23.0. The van der Waals surface area contributed by atoms with Crippen molar-refractivity contribution >= 4 is 11.8 Å². The molecule has 8 unspecified atom stereocenters. The van der Waals surface area contributed by atoms with E-state index in [-0.39, 0.29) is 19.2 Å². The number of aliphatic hydroxyl groups excluding tert-OH is 1. The molecule has 4 nitrogen and oxygen atoms in total. The van der Waals surface area contributed by atoms with Gasteiger partial charge in [0.15, 0.2) is 6.79 Å². The van der Waals surface area contributed by atoms with Gasteiger partial charge in [0.25, 0.3) is 0 Å². The third kappa shape index (κ3) is 4.68. The number of ether oxygens (including phenoxy) is 1. The Morgan fingerprint density at radius 3 is 2.25 bits per heavy atom. The number of fused-ring (bicyclic) bond motifs is 5. The lowest BCUT2D eigenvalue weighted by molar-refractivity contribution is -0.157. The lowest BCUT2D eigenvalue weighted by Gasteiger charge is -2.60. The Labute approximate surface area is 197 Å². The van der Waals surface area contributed by atoms with Crippen molar-refractivity contribution in [1.82, 2.24) is 0 Å². The third-order valence-corrected chi connectivity index (χ3v) is 10.7. The highest BCUT2D eigenvalue weighted by Crippen LogP contribution is 2.67. The van der Waals surface area contributed by atoms with E-state index in [4.69, 9.17) is 5.11 Å². The minimum atomic E-state index is -0.518. The first kappa shape index (κ1) is 25.7. The zero-order chi connectivity index (χ0) is 23.7. The molecule has 0 aromatic rings. The summed E-state index contributed by atoms with van der Waals surface area (Å²) < 4.78 is 4.38. The fourth-order valence-corrected chi connectivity index (χ4v) is 8.43. The SMILES string of the molecule is CC(=O)C1CCC2C3CCC4CCCCC4(C)C3CCC12C.CC(C)C(C)C(=O)OCO.[HH]. The van der Waals surface area contributed by atoms with E-state index >= 15 is 0 Å². The van der Waals surface area contributed by atoms with Gasteiger partial charge in [0, 0.05) is 7.34 Å². The van der Waals surface area contributed by atoms with Crippen molar-refractivity contribution in [2.24, 2.45) is 52.3 Å². The molecule has 4 fully saturated rings. The molecule has 0 bridgehead atoms. The predicted molar refractivity (Wildman–Crippen MR) is 130 cm³/mol. The smallest absolute Gasteiger partial charge is 0.311 e. The molecule has 4 rings (SSSR count). The summed E-state index contributed by atoms with van der Waals surface area (Å²) in [6, 6.07) is 0. The maximum absolute atomic E-state index is 12.2. The highest BCUT2D eigenvalue weighted by atomic mass is 16.6. The summed E-state index contributed by atoms with van der Waals surface area (Å²) in [7, 11) is 0. The van der Waals surface area contributed by atoms with Gasteiger partial charge in [0.05, 0.1) is 5.92 Å². The molecule has 0 radical (unpaired) electrons. The van der Waals surface area contributed by atoms with E-state index in [2.05, 4.69) is 18.6 Å². The monoisotopic (exact) mass is 450 g/mol. The Hall–Kier alpha value is -0.900. The fraction of sp³-hybridized carbons (Fsp3) is 0.929. The van der Waals surface area contributed by atoms with E-state index in [1.54, 1.807) is 6.92 Å². The van der Waals surface area contributed by atoms with Crippen LogP contribution in [-0.2, 0) is 14.3 Å². The number of carbonyl (C=O) groups is 2. The van der Waals surface area contributed by atoms with E-state index in [0.29, 0.717) is 22.5 Å². The van der Waals surface area contributed by atoms with Gasteiger partial charge in [-0.1, -0.05) is 47.5 Å². The maximum atomic E-state index is 12.2. The number of aliphatic hydroxyl groups is 1. The quantitative estimate of drug-likeness (QED) is 0.385. The molecule has 4 aliphatic rings. The molecule has 4 saturated carbocycles. The minimum Gasteiger partial charge on any atom is -0.438 e. The molecule has 0 spiro atoms. The van der Waals surface area contributed by atoms with Crippen LogP contribution in [0, 0.1) is 52.3 Å². The predicted octanol–water partition coefficient (Wildman–Crippen LogP) is 6.64. The number of hydrogen-bond donors (Lipinski definition) is 1. The van der Waals surface area contributed by atoms with Gasteiger partial charge in [-0.25, -0.2) is 0 Å². The molecule has 1 N–H and O–H groups in total. The van der Waals surface area contributed by atoms with Gasteiger partial charge >= 0.3 is 5.97 Å².